The number of aliphatic hydroxyl groups is 1. The highest BCUT2D eigenvalue weighted by Crippen LogP contribution is 2.18. The van der Waals surface area contributed by atoms with Gasteiger partial charge < -0.3 is 15.7 Å². The lowest BCUT2D eigenvalue weighted by Gasteiger charge is -2.17. The van der Waals surface area contributed by atoms with Crippen molar-refractivity contribution < 1.29 is 9.90 Å². The minimum Gasteiger partial charge on any atom is -0.394 e. The first-order valence-electron chi connectivity index (χ1n) is 6.08. The van der Waals surface area contributed by atoms with E-state index in [9.17, 15) is 9.90 Å². The van der Waals surface area contributed by atoms with Crippen LogP contribution in [0.3, 0.4) is 0 Å². The number of aliphatic hydroxyl groups excluding tert-OH is 1. The Hall–Kier alpha value is -0.810. The molecule has 4 nitrogen and oxygen atoms in total. The lowest BCUT2D eigenvalue weighted by molar-refractivity contribution is -0.121. The molecule has 0 heterocycles. The Balaban J connectivity index is 0.00000180. The largest absolute Gasteiger partial charge is 0.394 e. The van der Waals surface area contributed by atoms with Crippen LogP contribution in [0.5, 0.6) is 0 Å². The zero-order valence-corrected chi connectivity index (χ0v) is 12.0. The van der Waals surface area contributed by atoms with Gasteiger partial charge in [-0.1, -0.05) is 23.7 Å². The van der Waals surface area contributed by atoms with Crippen molar-refractivity contribution in [3.8, 4) is 0 Å². The molecule has 1 aliphatic carbocycles. The van der Waals surface area contributed by atoms with Crippen molar-refractivity contribution in [3.05, 3.63) is 34.9 Å². The fourth-order valence-electron chi connectivity index (χ4n) is 1.70. The van der Waals surface area contributed by atoms with Crippen LogP contribution in [-0.2, 0) is 4.79 Å². The first kappa shape index (κ1) is 16.2. The molecule has 0 spiro atoms. The minimum atomic E-state index is -0.379. The number of nitrogens with one attached hydrogen (secondary N) is 2. The van der Waals surface area contributed by atoms with E-state index < -0.39 is 0 Å². The summed E-state index contributed by atoms with van der Waals surface area (Å²) in [5, 5.41) is 15.9. The molecule has 1 atom stereocenters. The standard InChI is InChI=1S/C13H17ClN2O2.ClH/c14-10-3-1-9(2-4-10)12(8-17)16-13(18)7-15-11-5-6-11;/h1-4,11-12,15,17H,5-8H2,(H,16,18);1H. The number of hydrogen-bond acceptors (Lipinski definition) is 3. The molecule has 1 amide bonds. The van der Waals surface area contributed by atoms with E-state index in [1.54, 1.807) is 24.3 Å². The molecule has 2 rings (SSSR count). The summed E-state index contributed by atoms with van der Waals surface area (Å²) in [5.41, 5.74) is 0.849. The molecule has 0 saturated heterocycles. The maximum absolute atomic E-state index is 11.7. The number of carbonyl (C=O) groups excluding carboxylic acids is 1. The molecule has 0 radical (unpaired) electrons. The average Bonchev–Trinajstić information content (AvgIpc) is 3.19. The van der Waals surface area contributed by atoms with Gasteiger partial charge in [-0.15, -0.1) is 12.4 Å². The SMILES string of the molecule is Cl.O=C(CNC1CC1)NC(CO)c1ccc(Cl)cc1. The van der Waals surface area contributed by atoms with Crippen LogP contribution in [0.4, 0.5) is 0 Å². The molecule has 0 bridgehead atoms. The van der Waals surface area contributed by atoms with Crippen LogP contribution in [0.1, 0.15) is 24.4 Å². The van der Waals surface area contributed by atoms with Crippen LogP contribution in [0.25, 0.3) is 0 Å². The third-order valence-corrected chi connectivity index (χ3v) is 3.17. The van der Waals surface area contributed by atoms with Crippen LogP contribution in [0, 0.1) is 0 Å². The number of benzene rings is 1. The van der Waals surface area contributed by atoms with Crippen molar-refractivity contribution in [1.29, 1.82) is 0 Å². The van der Waals surface area contributed by atoms with Crippen molar-refractivity contribution >= 4 is 29.9 Å². The molecule has 1 aromatic rings. The van der Waals surface area contributed by atoms with Crippen LogP contribution < -0.4 is 10.6 Å². The number of carbonyl (C=O) groups is 1. The van der Waals surface area contributed by atoms with Gasteiger partial charge in [-0.2, -0.15) is 0 Å². The molecule has 1 aromatic carbocycles. The zero-order chi connectivity index (χ0) is 13.0. The van der Waals surface area contributed by atoms with Crippen molar-refractivity contribution in [2.75, 3.05) is 13.2 Å². The number of halogens is 2. The zero-order valence-electron chi connectivity index (χ0n) is 10.4. The second-order valence-corrected chi connectivity index (χ2v) is 4.95. The summed E-state index contributed by atoms with van der Waals surface area (Å²) < 4.78 is 0. The summed E-state index contributed by atoms with van der Waals surface area (Å²) in [6.07, 6.45) is 2.29. The van der Waals surface area contributed by atoms with Gasteiger partial charge >= 0.3 is 0 Å². The van der Waals surface area contributed by atoms with Gasteiger partial charge in [0.2, 0.25) is 5.91 Å². The second kappa shape index (κ2) is 7.70. The van der Waals surface area contributed by atoms with Crippen LogP contribution in [0.15, 0.2) is 24.3 Å². The van der Waals surface area contributed by atoms with Gasteiger partial charge in [-0.3, -0.25) is 4.79 Å². The molecule has 1 aliphatic rings. The van der Waals surface area contributed by atoms with Gasteiger partial charge in [0.1, 0.15) is 0 Å². The fourth-order valence-corrected chi connectivity index (χ4v) is 1.83. The van der Waals surface area contributed by atoms with Crippen molar-refractivity contribution in [2.45, 2.75) is 24.9 Å². The average molecular weight is 305 g/mol. The van der Waals surface area contributed by atoms with E-state index in [1.165, 1.54) is 0 Å². The lowest BCUT2D eigenvalue weighted by Crippen LogP contribution is -2.38. The maximum atomic E-state index is 11.7. The second-order valence-electron chi connectivity index (χ2n) is 4.51. The van der Waals surface area contributed by atoms with Gasteiger partial charge in [-0.25, -0.2) is 0 Å². The maximum Gasteiger partial charge on any atom is 0.234 e. The minimum absolute atomic E-state index is 0. The normalized spacial score (nSPS) is 15.5. The van der Waals surface area contributed by atoms with Crippen molar-refractivity contribution in [2.24, 2.45) is 0 Å². The highest BCUT2D eigenvalue weighted by Gasteiger charge is 2.22. The summed E-state index contributed by atoms with van der Waals surface area (Å²) >= 11 is 5.80. The monoisotopic (exact) mass is 304 g/mol. The first-order chi connectivity index (χ1) is 8.69. The van der Waals surface area contributed by atoms with Gasteiger partial charge in [-0.05, 0) is 30.5 Å². The third-order valence-electron chi connectivity index (χ3n) is 2.92. The van der Waals surface area contributed by atoms with E-state index in [0.717, 1.165) is 18.4 Å². The Kier molecular flexibility index (Phi) is 6.58. The molecular weight excluding hydrogens is 287 g/mol. The van der Waals surface area contributed by atoms with E-state index in [2.05, 4.69) is 10.6 Å². The van der Waals surface area contributed by atoms with Crippen molar-refractivity contribution in [3.63, 3.8) is 0 Å². The molecule has 1 saturated carbocycles. The van der Waals surface area contributed by atoms with Crippen LogP contribution in [0.2, 0.25) is 5.02 Å². The third kappa shape index (κ3) is 5.37. The van der Waals surface area contributed by atoms with Crippen LogP contribution >= 0.6 is 24.0 Å². The van der Waals surface area contributed by atoms with E-state index in [1.807, 2.05) is 0 Å². The fraction of sp³-hybridized carbons (Fsp3) is 0.462. The Morgan fingerprint density at radius 3 is 2.53 bits per heavy atom. The number of amides is 1. The Morgan fingerprint density at radius 2 is 2.00 bits per heavy atom. The molecule has 6 heteroatoms. The molecule has 1 unspecified atom stereocenters. The Bertz CT molecular complexity index is 408. The summed E-state index contributed by atoms with van der Waals surface area (Å²) in [6.45, 7) is 0.172. The van der Waals surface area contributed by atoms with E-state index in [4.69, 9.17) is 11.6 Å². The first-order valence-corrected chi connectivity index (χ1v) is 6.46. The molecule has 106 valence electrons. The predicted octanol–water partition coefficient (Wildman–Crippen LogP) is 1.66. The van der Waals surface area contributed by atoms with Crippen LogP contribution in [-0.4, -0.2) is 30.2 Å². The molecule has 0 aliphatic heterocycles. The number of hydrogen-bond donors (Lipinski definition) is 3. The van der Waals surface area contributed by atoms with Gasteiger partial charge in [0.15, 0.2) is 0 Å². The molecule has 3 N–H and O–H groups in total. The number of rotatable bonds is 6. The van der Waals surface area contributed by atoms with Gasteiger partial charge in [0, 0.05) is 11.1 Å². The Labute approximate surface area is 123 Å². The van der Waals surface area contributed by atoms with Crippen molar-refractivity contribution in [1.82, 2.24) is 10.6 Å². The quantitative estimate of drug-likeness (QED) is 0.749. The Morgan fingerprint density at radius 1 is 1.37 bits per heavy atom. The van der Waals surface area contributed by atoms with Gasteiger partial charge in [0.05, 0.1) is 19.2 Å². The van der Waals surface area contributed by atoms with E-state index >= 15 is 0 Å². The highest BCUT2D eigenvalue weighted by molar-refractivity contribution is 6.30. The van der Waals surface area contributed by atoms with Gasteiger partial charge in [0.25, 0.3) is 0 Å². The predicted molar refractivity (Wildman–Crippen MR) is 77.7 cm³/mol. The smallest absolute Gasteiger partial charge is 0.234 e. The topological polar surface area (TPSA) is 61.4 Å². The van der Waals surface area contributed by atoms with E-state index in [0.29, 0.717) is 17.6 Å². The summed E-state index contributed by atoms with van der Waals surface area (Å²) in [5.74, 6) is -0.101. The summed E-state index contributed by atoms with van der Waals surface area (Å²) in [7, 11) is 0. The molecule has 19 heavy (non-hydrogen) atoms. The molecular formula is C13H18Cl2N2O2. The van der Waals surface area contributed by atoms with E-state index in [-0.39, 0.29) is 31.0 Å². The molecule has 1 fully saturated rings. The summed E-state index contributed by atoms with van der Waals surface area (Å²) in [6, 6.07) is 7.22. The molecule has 0 aromatic heterocycles. The highest BCUT2D eigenvalue weighted by atomic mass is 35.5. The lowest BCUT2D eigenvalue weighted by atomic mass is 10.1. The summed E-state index contributed by atoms with van der Waals surface area (Å²) in [4.78, 5) is 11.7.